The molecular weight excluding hydrogens is 290 g/mol. The Bertz CT molecular complexity index is 640. The molecule has 0 saturated heterocycles. The third-order valence-electron chi connectivity index (χ3n) is 3.51. The molecule has 23 heavy (non-hydrogen) atoms. The first-order valence-electron chi connectivity index (χ1n) is 7.57. The van der Waals surface area contributed by atoms with Crippen molar-refractivity contribution in [3.63, 3.8) is 0 Å². The van der Waals surface area contributed by atoms with Crippen LogP contribution in [-0.2, 0) is 0 Å². The van der Waals surface area contributed by atoms with Crippen molar-refractivity contribution in [3.8, 4) is 11.5 Å². The second-order valence-corrected chi connectivity index (χ2v) is 5.09. The van der Waals surface area contributed by atoms with Crippen molar-refractivity contribution in [1.29, 1.82) is 0 Å². The molecule has 1 atom stereocenters. The summed E-state index contributed by atoms with van der Waals surface area (Å²) in [5, 5.41) is 13.4. The van der Waals surface area contributed by atoms with E-state index in [0.717, 1.165) is 22.6 Å². The molecule has 0 heterocycles. The number of ether oxygens (including phenoxy) is 2. The van der Waals surface area contributed by atoms with E-state index in [1.165, 1.54) is 0 Å². The van der Waals surface area contributed by atoms with E-state index in [9.17, 15) is 5.11 Å². The fraction of sp³-hybridized carbons (Fsp3) is 0.263. The van der Waals surface area contributed by atoms with Crippen molar-refractivity contribution in [2.75, 3.05) is 27.3 Å². The zero-order chi connectivity index (χ0) is 16.5. The molecule has 2 rings (SSSR count). The second kappa shape index (κ2) is 8.98. The number of nitrogens with one attached hydrogen (secondary N) is 1. The Labute approximate surface area is 137 Å². The predicted octanol–water partition coefficient (Wildman–Crippen LogP) is 3.04. The summed E-state index contributed by atoms with van der Waals surface area (Å²) in [5.74, 6) is 1.60. The molecule has 0 fully saturated rings. The van der Waals surface area contributed by atoms with Crippen LogP contribution in [0.15, 0.2) is 54.6 Å². The molecule has 0 bridgehead atoms. The highest BCUT2D eigenvalue weighted by molar-refractivity contribution is 5.57. The molecule has 0 radical (unpaired) electrons. The van der Waals surface area contributed by atoms with Crippen molar-refractivity contribution in [3.05, 3.63) is 65.7 Å². The van der Waals surface area contributed by atoms with Gasteiger partial charge in [0.15, 0.2) is 0 Å². The van der Waals surface area contributed by atoms with Gasteiger partial charge in [-0.05, 0) is 23.8 Å². The number of rotatable bonds is 8. The van der Waals surface area contributed by atoms with Crippen LogP contribution in [0.2, 0.25) is 0 Å². The standard InChI is InChI=1S/C19H23NO3/c1-22-17-10-5-8-16(13-17)18(21)14-20-12-6-9-15-7-3-4-11-19(15)23-2/h3-11,13,18,20-21H,12,14H2,1-2H3/b9-6+. The van der Waals surface area contributed by atoms with Crippen molar-refractivity contribution in [2.24, 2.45) is 0 Å². The average Bonchev–Trinajstić information content (AvgIpc) is 2.61. The maximum atomic E-state index is 10.2. The number of para-hydroxylation sites is 1. The summed E-state index contributed by atoms with van der Waals surface area (Å²) in [7, 11) is 3.28. The number of hydrogen-bond donors (Lipinski definition) is 2. The Hall–Kier alpha value is -2.30. The van der Waals surface area contributed by atoms with Gasteiger partial charge in [0.25, 0.3) is 0 Å². The molecule has 0 spiro atoms. The zero-order valence-electron chi connectivity index (χ0n) is 13.5. The number of hydrogen-bond acceptors (Lipinski definition) is 4. The number of aliphatic hydroxyl groups is 1. The van der Waals surface area contributed by atoms with Gasteiger partial charge in [-0.1, -0.05) is 42.5 Å². The molecule has 4 nitrogen and oxygen atoms in total. The Morgan fingerprint density at radius 1 is 1.09 bits per heavy atom. The Balaban J connectivity index is 1.81. The lowest BCUT2D eigenvalue weighted by Gasteiger charge is -2.12. The molecule has 2 aromatic rings. The van der Waals surface area contributed by atoms with Gasteiger partial charge in [0.2, 0.25) is 0 Å². The SMILES string of the molecule is COc1cccc(C(O)CNC/C=C/c2ccccc2OC)c1. The van der Waals surface area contributed by atoms with E-state index in [0.29, 0.717) is 13.1 Å². The summed E-state index contributed by atoms with van der Waals surface area (Å²) in [6, 6.07) is 15.3. The first-order valence-corrected chi connectivity index (χ1v) is 7.57. The van der Waals surface area contributed by atoms with Crippen LogP contribution in [0.1, 0.15) is 17.2 Å². The Kier molecular flexibility index (Phi) is 6.66. The molecule has 2 aromatic carbocycles. The van der Waals surface area contributed by atoms with Crippen molar-refractivity contribution in [1.82, 2.24) is 5.32 Å². The van der Waals surface area contributed by atoms with E-state index >= 15 is 0 Å². The first-order chi connectivity index (χ1) is 11.2. The van der Waals surface area contributed by atoms with Gasteiger partial charge in [-0.2, -0.15) is 0 Å². The van der Waals surface area contributed by atoms with Crippen LogP contribution < -0.4 is 14.8 Å². The molecule has 0 aromatic heterocycles. The molecule has 1 unspecified atom stereocenters. The summed E-state index contributed by atoms with van der Waals surface area (Å²) in [4.78, 5) is 0. The smallest absolute Gasteiger partial charge is 0.126 e. The molecule has 122 valence electrons. The van der Waals surface area contributed by atoms with Crippen LogP contribution in [0.5, 0.6) is 11.5 Å². The topological polar surface area (TPSA) is 50.7 Å². The summed E-state index contributed by atoms with van der Waals surface area (Å²) in [6.45, 7) is 1.14. The third kappa shape index (κ3) is 5.13. The summed E-state index contributed by atoms with van der Waals surface area (Å²) < 4.78 is 10.5. The van der Waals surface area contributed by atoms with Crippen LogP contribution in [0.25, 0.3) is 6.08 Å². The molecule has 0 saturated carbocycles. The van der Waals surface area contributed by atoms with Crippen LogP contribution >= 0.6 is 0 Å². The van der Waals surface area contributed by atoms with E-state index in [1.54, 1.807) is 14.2 Å². The normalized spacial score (nSPS) is 12.3. The predicted molar refractivity (Wildman–Crippen MR) is 92.9 cm³/mol. The minimum Gasteiger partial charge on any atom is -0.497 e. The van der Waals surface area contributed by atoms with Crippen molar-refractivity contribution in [2.45, 2.75) is 6.10 Å². The molecular formula is C19H23NO3. The van der Waals surface area contributed by atoms with Gasteiger partial charge in [-0.15, -0.1) is 0 Å². The Morgan fingerprint density at radius 2 is 1.91 bits per heavy atom. The molecule has 0 aliphatic rings. The van der Waals surface area contributed by atoms with Gasteiger partial charge in [-0.3, -0.25) is 0 Å². The minimum absolute atomic E-state index is 0.476. The quantitative estimate of drug-likeness (QED) is 0.736. The van der Waals surface area contributed by atoms with Gasteiger partial charge in [0, 0.05) is 18.7 Å². The van der Waals surface area contributed by atoms with Crippen LogP contribution in [0, 0.1) is 0 Å². The lowest BCUT2D eigenvalue weighted by atomic mass is 10.1. The van der Waals surface area contributed by atoms with Gasteiger partial charge >= 0.3 is 0 Å². The van der Waals surface area contributed by atoms with Crippen molar-refractivity contribution < 1.29 is 14.6 Å². The van der Waals surface area contributed by atoms with E-state index in [2.05, 4.69) is 5.32 Å². The fourth-order valence-corrected chi connectivity index (χ4v) is 2.26. The molecule has 0 aliphatic carbocycles. The number of methoxy groups -OCH3 is 2. The third-order valence-corrected chi connectivity index (χ3v) is 3.51. The maximum Gasteiger partial charge on any atom is 0.126 e. The highest BCUT2D eigenvalue weighted by Crippen LogP contribution is 2.19. The molecule has 2 N–H and O–H groups in total. The minimum atomic E-state index is -0.565. The largest absolute Gasteiger partial charge is 0.497 e. The zero-order valence-corrected chi connectivity index (χ0v) is 13.5. The maximum absolute atomic E-state index is 10.2. The lowest BCUT2D eigenvalue weighted by Crippen LogP contribution is -2.21. The number of benzene rings is 2. The monoisotopic (exact) mass is 313 g/mol. The fourth-order valence-electron chi connectivity index (χ4n) is 2.26. The van der Waals surface area contributed by atoms with Gasteiger partial charge in [0.1, 0.15) is 11.5 Å². The summed E-state index contributed by atoms with van der Waals surface area (Å²) >= 11 is 0. The highest BCUT2D eigenvalue weighted by Gasteiger charge is 2.07. The molecule has 0 aliphatic heterocycles. The first kappa shape index (κ1) is 17.1. The van der Waals surface area contributed by atoms with E-state index in [4.69, 9.17) is 9.47 Å². The average molecular weight is 313 g/mol. The molecule has 0 amide bonds. The Morgan fingerprint density at radius 3 is 2.70 bits per heavy atom. The summed E-state index contributed by atoms with van der Waals surface area (Å²) in [6.07, 6.45) is 3.45. The van der Waals surface area contributed by atoms with Gasteiger partial charge in [-0.25, -0.2) is 0 Å². The molecule has 4 heteroatoms. The highest BCUT2D eigenvalue weighted by atomic mass is 16.5. The summed E-state index contributed by atoms with van der Waals surface area (Å²) in [5.41, 5.74) is 1.87. The lowest BCUT2D eigenvalue weighted by molar-refractivity contribution is 0.176. The van der Waals surface area contributed by atoms with E-state index < -0.39 is 6.10 Å². The van der Waals surface area contributed by atoms with E-state index in [-0.39, 0.29) is 0 Å². The second-order valence-electron chi connectivity index (χ2n) is 5.09. The van der Waals surface area contributed by atoms with Gasteiger partial charge < -0.3 is 19.9 Å². The van der Waals surface area contributed by atoms with E-state index in [1.807, 2.05) is 60.7 Å². The van der Waals surface area contributed by atoms with Crippen LogP contribution in [-0.4, -0.2) is 32.4 Å². The van der Waals surface area contributed by atoms with Gasteiger partial charge in [0.05, 0.1) is 20.3 Å². The van der Waals surface area contributed by atoms with Crippen molar-refractivity contribution >= 4 is 6.08 Å². The van der Waals surface area contributed by atoms with Crippen LogP contribution in [0.4, 0.5) is 0 Å². The number of aliphatic hydroxyl groups excluding tert-OH is 1. The van der Waals surface area contributed by atoms with Crippen LogP contribution in [0.3, 0.4) is 0 Å².